The summed E-state index contributed by atoms with van der Waals surface area (Å²) in [4.78, 5) is 12.7. The van der Waals surface area contributed by atoms with Crippen LogP contribution in [0.25, 0.3) is 11.5 Å². The third-order valence-corrected chi connectivity index (χ3v) is 4.51. The predicted molar refractivity (Wildman–Crippen MR) is 123 cm³/mol. The maximum absolute atomic E-state index is 12.7. The number of hydrogen-bond donors (Lipinski definition) is 1. The molecule has 0 fully saturated rings. The first-order chi connectivity index (χ1) is 16.2. The van der Waals surface area contributed by atoms with E-state index in [1.165, 1.54) is 0 Å². The van der Waals surface area contributed by atoms with Crippen LogP contribution in [-0.4, -0.2) is 29.3 Å². The molecule has 1 aromatic heterocycles. The maximum Gasteiger partial charge on any atom is 0.322 e. The average Bonchev–Trinajstić information content (AvgIpc) is 3.30. The molecular formula is C25H23N3O5. The number of carbonyl (C=O) groups excluding carboxylic acids is 1. The van der Waals surface area contributed by atoms with Gasteiger partial charge in [-0.2, -0.15) is 0 Å². The second kappa shape index (κ2) is 10.3. The van der Waals surface area contributed by atoms with Gasteiger partial charge in [-0.1, -0.05) is 29.4 Å². The number of benzene rings is 3. The van der Waals surface area contributed by atoms with Crippen LogP contribution < -0.4 is 19.5 Å². The Morgan fingerprint density at radius 2 is 1.61 bits per heavy atom. The molecule has 8 nitrogen and oxygen atoms in total. The van der Waals surface area contributed by atoms with Gasteiger partial charge in [-0.05, 0) is 62.4 Å². The normalized spacial score (nSPS) is 10.5. The summed E-state index contributed by atoms with van der Waals surface area (Å²) < 4.78 is 22.6. The zero-order valence-electron chi connectivity index (χ0n) is 18.3. The van der Waals surface area contributed by atoms with E-state index in [1.807, 2.05) is 44.2 Å². The van der Waals surface area contributed by atoms with Crippen LogP contribution >= 0.6 is 0 Å². The highest BCUT2D eigenvalue weighted by Crippen LogP contribution is 2.33. The summed E-state index contributed by atoms with van der Waals surface area (Å²) in [6.45, 7) is 4.80. The molecule has 0 bridgehead atoms. The fourth-order valence-electron chi connectivity index (χ4n) is 3.07. The number of carbonyl (C=O) groups is 1. The molecule has 8 heteroatoms. The Morgan fingerprint density at radius 3 is 2.39 bits per heavy atom. The Balaban J connectivity index is 1.47. The Bertz CT molecular complexity index is 1220. The molecule has 168 valence electrons. The van der Waals surface area contributed by atoms with Gasteiger partial charge in [-0.15, -0.1) is 5.10 Å². The van der Waals surface area contributed by atoms with E-state index in [-0.39, 0.29) is 11.9 Å². The standard InChI is InChI=1S/C25H23N3O5/c1-3-30-21-14-13-18(16-22(21)31-4-2)24-27-28-25(33-24)26-23(29)17-9-8-12-20(15-17)32-19-10-6-5-7-11-19/h5-16H,3-4H2,1-2H3,(H,26,28,29). The Morgan fingerprint density at radius 1 is 0.848 bits per heavy atom. The Labute approximate surface area is 191 Å². The molecule has 0 radical (unpaired) electrons. The fourth-order valence-corrected chi connectivity index (χ4v) is 3.07. The van der Waals surface area contributed by atoms with E-state index in [4.69, 9.17) is 18.6 Å². The molecule has 4 aromatic rings. The van der Waals surface area contributed by atoms with Gasteiger partial charge in [0.15, 0.2) is 11.5 Å². The highest BCUT2D eigenvalue weighted by Gasteiger charge is 2.15. The topological polar surface area (TPSA) is 95.7 Å². The number of hydrogen-bond acceptors (Lipinski definition) is 7. The van der Waals surface area contributed by atoms with E-state index < -0.39 is 5.91 Å². The highest BCUT2D eigenvalue weighted by molar-refractivity contribution is 6.03. The van der Waals surface area contributed by atoms with Gasteiger partial charge < -0.3 is 18.6 Å². The number of anilines is 1. The zero-order valence-corrected chi connectivity index (χ0v) is 18.3. The predicted octanol–water partition coefficient (Wildman–Crippen LogP) is 5.58. The van der Waals surface area contributed by atoms with Crippen LogP contribution in [0.5, 0.6) is 23.0 Å². The quantitative estimate of drug-likeness (QED) is 0.359. The number of rotatable bonds is 9. The maximum atomic E-state index is 12.7. The van der Waals surface area contributed by atoms with Crippen LogP contribution in [0.2, 0.25) is 0 Å². The lowest BCUT2D eigenvalue weighted by molar-refractivity contribution is 0.102. The van der Waals surface area contributed by atoms with Crippen molar-refractivity contribution in [1.82, 2.24) is 10.2 Å². The van der Waals surface area contributed by atoms with E-state index in [2.05, 4.69) is 15.5 Å². The van der Waals surface area contributed by atoms with E-state index >= 15 is 0 Å². The molecule has 1 N–H and O–H groups in total. The highest BCUT2D eigenvalue weighted by atomic mass is 16.5. The van der Waals surface area contributed by atoms with Gasteiger partial charge in [0, 0.05) is 11.1 Å². The summed E-state index contributed by atoms with van der Waals surface area (Å²) in [6, 6.07) is 21.5. The van der Waals surface area contributed by atoms with Crippen molar-refractivity contribution >= 4 is 11.9 Å². The van der Waals surface area contributed by atoms with Crippen molar-refractivity contribution in [2.45, 2.75) is 13.8 Å². The van der Waals surface area contributed by atoms with Gasteiger partial charge in [-0.3, -0.25) is 10.1 Å². The molecule has 1 heterocycles. The van der Waals surface area contributed by atoms with Gasteiger partial charge in [0.2, 0.25) is 5.89 Å². The van der Waals surface area contributed by atoms with Crippen molar-refractivity contribution in [2.75, 3.05) is 18.5 Å². The van der Waals surface area contributed by atoms with E-state index in [1.54, 1.807) is 42.5 Å². The summed E-state index contributed by atoms with van der Waals surface area (Å²) in [5.41, 5.74) is 1.04. The van der Waals surface area contributed by atoms with Crippen LogP contribution in [0.3, 0.4) is 0 Å². The molecule has 0 saturated heterocycles. The van der Waals surface area contributed by atoms with Crippen molar-refractivity contribution < 1.29 is 23.4 Å². The number of nitrogens with zero attached hydrogens (tertiary/aromatic N) is 2. The minimum Gasteiger partial charge on any atom is -0.490 e. The summed E-state index contributed by atoms with van der Waals surface area (Å²) in [7, 11) is 0. The molecule has 0 aliphatic carbocycles. The van der Waals surface area contributed by atoms with Crippen LogP contribution in [0.4, 0.5) is 6.01 Å². The van der Waals surface area contributed by atoms with Gasteiger partial charge in [0.05, 0.1) is 13.2 Å². The van der Waals surface area contributed by atoms with Crippen LogP contribution in [0.15, 0.2) is 77.2 Å². The zero-order chi connectivity index (χ0) is 23.0. The van der Waals surface area contributed by atoms with Crippen molar-refractivity contribution in [3.63, 3.8) is 0 Å². The molecule has 0 unspecified atom stereocenters. The molecule has 1 amide bonds. The largest absolute Gasteiger partial charge is 0.490 e. The average molecular weight is 445 g/mol. The van der Waals surface area contributed by atoms with Crippen molar-refractivity contribution in [1.29, 1.82) is 0 Å². The molecule has 0 aliphatic heterocycles. The van der Waals surface area contributed by atoms with Gasteiger partial charge in [0.25, 0.3) is 5.91 Å². The SMILES string of the molecule is CCOc1ccc(-c2nnc(NC(=O)c3cccc(Oc4ccccc4)c3)o2)cc1OCC. The summed E-state index contributed by atoms with van der Waals surface area (Å²) in [6.07, 6.45) is 0. The lowest BCUT2D eigenvalue weighted by Crippen LogP contribution is -2.12. The minimum absolute atomic E-state index is 0.0174. The van der Waals surface area contributed by atoms with Crippen molar-refractivity contribution in [3.05, 3.63) is 78.4 Å². The van der Waals surface area contributed by atoms with Gasteiger partial charge in [0.1, 0.15) is 11.5 Å². The first-order valence-corrected chi connectivity index (χ1v) is 10.5. The first kappa shape index (κ1) is 21.9. The van der Waals surface area contributed by atoms with Crippen molar-refractivity contribution in [2.24, 2.45) is 0 Å². The second-order valence-electron chi connectivity index (χ2n) is 6.84. The molecule has 0 spiro atoms. The van der Waals surface area contributed by atoms with E-state index in [9.17, 15) is 4.79 Å². The van der Waals surface area contributed by atoms with Gasteiger partial charge >= 0.3 is 6.01 Å². The molecule has 33 heavy (non-hydrogen) atoms. The Hall–Kier alpha value is -4.33. The summed E-state index contributed by atoms with van der Waals surface area (Å²) in [5, 5.41) is 10.6. The monoisotopic (exact) mass is 445 g/mol. The molecule has 4 rings (SSSR count). The first-order valence-electron chi connectivity index (χ1n) is 10.5. The lowest BCUT2D eigenvalue weighted by Gasteiger charge is -2.11. The third kappa shape index (κ3) is 5.48. The molecule has 0 saturated carbocycles. The molecule has 3 aromatic carbocycles. The minimum atomic E-state index is -0.398. The van der Waals surface area contributed by atoms with Crippen LogP contribution in [0.1, 0.15) is 24.2 Å². The number of nitrogens with one attached hydrogen (secondary N) is 1. The van der Waals surface area contributed by atoms with Gasteiger partial charge in [-0.25, -0.2) is 0 Å². The number of ether oxygens (including phenoxy) is 3. The number of aromatic nitrogens is 2. The fraction of sp³-hybridized carbons (Fsp3) is 0.160. The third-order valence-electron chi connectivity index (χ3n) is 4.51. The number of amides is 1. The molecular weight excluding hydrogens is 422 g/mol. The second-order valence-corrected chi connectivity index (χ2v) is 6.84. The summed E-state index contributed by atoms with van der Waals surface area (Å²) >= 11 is 0. The number of para-hydroxylation sites is 1. The lowest BCUT2D eigenvalue weighted by atomic mass is 10.2. The summed E-state index contributed by atoms with van der Waals surface area (Å²) in [5.74, 6) is 2.28. The van der Waals surface area contributed by atoms with Crippen molar-refractivity contribution in [3.8, 4) is 34.5 Å². The van der Waals surface area contributed by atoms with E-state index in [0.717, 1.165) is 0 Å². The molecule has 0 atom stereocenters. The smallest absolute Gasteiger partial charge is 0.322 e. The molecule has 0 aliphatic rings. The van der Waals surface area contributed by atoms with Crippen LogP contribution in [0, 0.1) is 0 Å². The van der Waals surface area contributed by atoms with E-state index in [0.29, 0.717) is 47.3 Å². The van der Waals surface area contributed by atoms with Crippen LogP contribution in [-0.2, 0) is 0 Å². The Kier molecular flexibility index (Phi) is 6.84.